The van der Waals surface area contributed by atoms with Crippen LogP contribution in [0.4, 0.5) is 10.1 Å². The Morgan fingerprint density at radius 1 is 1.05 bits per heavy atom. The highest BCUT2D eigenvalue weighted by Gasteiger charge is 2.48. The molecule has 222 valence electrons. The predicted octanol–water partition coefficient (Wildman–Crippen LogP) is 7.50. The molecule has 0 unspecified atom stereocenters. The highest BCUT2D eigenvalue weighted by atomic mass is 35.5. The molecule has 0 radical (unpaired) electrons. The number of benzene rings is 3. The Hall–Kier alpha value is -2.91. The number of carbonyl (C=O) groups excluding carboxylic acids is 1. The number of sulfonamides is 1. The molecular formula is C32H33Cl2FN2O4S. The van der Waals surface area contributed by atoms with Gasteiger partial charge in [0.15, 0.2) is 0 Å². The zero-order valence-electron chi connectivity index (χ0n) is 23.2. The van der Waals surface area contributed by atoms with Crippen LogP contribution in [0.25, 0.3) is 0 Å². The molecule has 5 rings (SSSR count). The molecule has 3 aromatic rings. The van der Waals surface area contributed by atoms with Gasteiger partial charge < -0.3 is 9.64 Å². The van der Waals surface area contributed by atoms with E-state index < -0.39 is 45.4 Å². The van der Waals surface area contributed by atoms with Gasteiger partial charge in [-0.2, -0.15) is 0 Å². The summed E-state index contributed by atoms with van der Waals surface area (Å²) in [6, 6.07) is 19.0. The minimum Gasteiger partial charge on any atom is -0.358 e. The van der Waals surface area contributed by atoms with Crippen molar-refractivity contribution in [2.75, 3.05) is 10.8 Å². The van der Waals surface area contributed by atoms with Crippen molar-refractivity contribution in [2.45, 2.75) is 62.1 Å². The summed E-state index contributed by atoms with van der Waals surface area (Å²) < 4.78 is 50.2. The zero-order valence-corrected chi connectivity index (χ0v) is 25.5. The summed E-state index contributed by atoms with van der Waals surface area (Å²) in [5, 5.41) is 0.475. The van der Waals surface area contributed by atoms with E-state index in [1.54, 1.807) is 41.3 Å². The van der Waals surface area contributed by atoms with Gasteiger partial charge >= 0.3 is 0 Å². The summed E-state index contributed by atoms with van der Waals surface area (Å²) in [5.74, 6) is -0.933. The fourth-order valence-corrected chi connectivity index (χ4v) is 7.78. The summed E-state index contributed by atoms with van der Waals surface area (Å²) in [7, 11) is -3.87. The van der Waals surface area contributed by atoms with Crippen LogP contribution in [0.1, 0.15) is 55.9 Å². The van der Waals surface area contributed by atoms with Crippen LogP contribution in [0, 0.1) is 5.82 Å². The number of halogens is 3. The van der Waals surface area contributed by atoms with Gasteiger partial charge in [-0.05, 0) is 66.8 Å². The number of hydrogen-bond acceptors (Lipinski definition) is 4. The third-order valence-corrected chi connectivity index (χ3v) is 10.6. The van der Waals surface area contributed by atoms with E-state index in [9.17, 15) is 13.2 Å². The molecule has 6 nitrogen and oxygen atoms in total. The molecule has 1 saturated carbocycles. The van der Waals surface area contributed by atoms with E-state index in [-0.39, 0.29) is 24.6 Å². The predicted molar refractivity (Wildman–Crippen MR) is 165 cm³/mol. The molecule has 3 aromatic carbocycles. The quantitative estimate of drug-likeness (QED) is 0.206. The van der Waals surface area contributed by atoms with Gasteiger partial charge in [-0.3, -0.25) is 9.10 Å². The van der Waals surface area contributed by atoms with E-state index in [0.29, 0.717) is 29.3 Å². The molecule has 0 N–H and O–H groups in total. The summed E-state index contributed by atoms with van der Waals surface area (Å²) in [5.41, 5.74) is 1.50. The van der Waals surface area contributed by atoms with Crippen molar-refractivity contribution >= 4 is 44.8 Å². The number of amides is 1. The lowest BCUT2D eigenvalue weighted by Gasteiger charge is -2.49. The van der Waals surface area contributed by atoms with Gasteiger partial charge in [0, 0.05) is 16.5 Å². The Morgan fingerprint density at radius 3 is 2.38 bits per heavy atom. The molecule has 1 heterocycles. The van der Waals surface area contributed by atoms with Crippen LogP contribution in [-0.4, -0.2) is 43.2 Å². The van der Waals surface area contributed by atoms with Crippen LogP contribution in [0.3, 0.4) is 0 Å². The second-order valence-corrected chi connectivity index (χ2v) is 13.7. The number of ether oxygens (including phenoxy) is 1. The lowest BCUT2D eigenvalue weighted by Crippen LogP contribution is -2.57. The van der Waals surface area contributed by atoms with Gasteiger partial charge in [0.25, 0.3) is 5.91 Å². The smallest absolute Gasteiger partial charge is 0.252 e. The molecule has 0 bridgehead atoms. The van der Waals surface area contributed by atoms with Crippen molar-refractivity contribution in [2.24, 2.45) is 0 Å². The molecule has 1 amide bonds. The normalized spacial score (nSPS) is 21.7. The van der Waals surface area contributed by atoms with Crippen molar-refractivity contribution in [1.82, 2.24) is 4.90 Å². The molecule has 2 fully saturated rings. The molecule has 1 saturated heterocycles. The highest BCUT2D eigenvalue weighted by Crippen LogP contribution is 2.45. The lowest BCUT2D eigenvalue weighted by molar-refractivity contribution is -0.178. The molecule has 2 aliphatic rings. The van der Waals surface area contributed by atoms with Crippen molar-refractivity contribution in [3.63, 3.8) is 0 Å². The first-order valence-electron chi connectivity index (χ1n) is 14.0. The second-order valence-electron chi connectivity index (χ2n) is 10.7. The first-order valence-corrected chi connectivity index (χ1v) is 16.3. The topological polar surface area (TPSA) is 66.9 Å². The summed E-state index contributed by atoms with van der Waals surface area (Å²) >= 11 is 12.6. The molecule has 4 atom stereocenters. The molecule has 42 heavy (non-hydrogen) atoms. The number of anilines is 1. The van der Waals surface area contributed by atoms with Crippen molar-refractivity contribution in [3.05, 3.63) is 112 Å². The van der Waals surface area contributed by atoms with Gasteiger partial charge in [0.05, 0.1) is 29.6 Å². The van der Waals surface area contributed by atoms with Gasteiger partial charge in [-0.15, -0.1) is 6.58 Å². The number of hydrogen-bond donors (Lipinski definition) is 0. The number of nitrogens with zero attached hydrogens (tertiary/aromatic N) is 2. The zero-order chi connectivity index (χ0) is 30.0. The average Bonchev–Trinajstić information content (AvgIpc) is 3.83. The minimum atomic E-state index is -3.87. The maximum absolute atomic E-state index is 15.1. The Balaban J connectivity index is 1.65. The van der Waals surface area contributed by atoms with Gasteiger partial charge in [0.1, 0.15) is 18.0 Å². The molecule has 10 heteroatoms. The van der Waals surface area contributed by atoms with E-state index in [0.717, 1.165) is 15.4 Å². The highest BCUT2D eigenvalue weighted by molar-refractivity contribution is 7.93. The van der Waals surface area contributed by atoms with Crippen LogP contribution < -0.4 is 4.31 Å². The summed E-state index contributed by atoms with van der Waals surface area (Å²) in [4.78, 5) is 16.0. The van der Waals surface area contributed by atoms with Crippen LogP contribution in [0.2, 0.25) is 10.0 Å². The Kier molecular flexibility index (Phi) is 9.28. The first kappa shape index (κ1) is 30.5. The van der Waals surface area contributed by atoms with Gasteiger partial charge in [-0.25, -0.2) is 12.8 Å². The maximum Gasteiger partial charge on any atom is 0.252 e. The number of carbonyl (C=O) groups is 1. The van der Waals surface area contributed by atoms with E-state index in [1.165, 1.54) is 18.2 Å². The Bertz CT molecular complexity index is 1550. The molecular weight excluding hydrogens is 598 g/mol. The SMILES string of the molecule is C=CC[C@H]1O[C@H](c2cccc(Cl)c2)[C@@H](c2ccc(Cl)cc2)N([C@@H](CC)CN(c2ccccc2F)S(=O)(=O)C2CC2)C1=O. The van der Waals surface area contributed by atoms with Crippen LogP contribution >= 0.6 is 23.2 Å². The maximum atomic E-state index is 15.1. The standard InChI is InChI=1S/C32H33Cl2FN2O4S/c1-3-8-29-32(38)37(25(4-2)20-36(42(39,40)26-17-18-26)28-12-6-5-11-27(28)35)30(21-13-15-23(33)16-14-21)31(41-29)22-9-7-10-24(34)19-22/h3,5-7,9-16,19,25-26,29-31H,1,4,8,17-18,20H2,2H3/t25-,29+,30+,31+/m0/s1. The fourth-order valence-electron chi connectivity index (χ4n) is 5.56. The molecule has 1 aliphatic heterocycles. The van der Waals surface area contributed by atoms with Crippen LogP contribution in [-0.2, 0) is 19.6 Å². The molecule has 0 spiro atoms. The van der Waals surface area contributed by atoms with E-state index in [4.69, 9.17) is 27.9 Å². The molecule has 1 aliphatic carbocycles. The van der Waals surface area contributed by atoms with Gasteiger partial charge in [0.2, 0.25) is 10.0 Å². The van der Waals surface area contributed by atoms with Crippen molar-refractivity contribution in [1.29, 1.82) is 0 Å². The number of morpholine rings is 1. The minimum absolute atomic E-state index is 0.0272. The Morgan fingerprint density at radius 2 is 1.76 bits per heavy atom. The fraction of sp³-hybridized carbons (Fsp3) is 0.344. The third kappa shape index (κ3) is 6.23. The largest absolute Gasteiger partial charge is 0.358 e. The third-order valence-electron chi connectivity index (χ3n) is 7.81. The monoisotopic (exact) mass is 630 g/mol. The van der Waals surface area contributed by atoms with Crippen LogP contribution in [0.5, 0.6) is 0 Å². The van der Waals surface area contributed by atoms with Gasteiger partial charge in [-0.1, -0.05) is 72.6 Å². The average molecular weight is 632 g/mol. The van der Waals surface area contributed by atoms with Crippen molar-refractivity contribution in [3.8, 4) is 0 Å². The van der Waals surface area contributed by atoms with Crippen LogP contribution in [0.15, 0.2) is 85.5 Å². The summed E-state index contributed by atoms with van der Waals surface area (Å²) in [6.45, 7) is 5.60. The van der Waals surface area contributed by atoms with E-state index >= 15 is 4.39 Å². The number of para-hydroxylation sites is 1. The second kappa shape index (κ2) is 12.8. The van der Waals surface area contributed by atoms with E-state index in [2.05, 4.69) is 6.58 Å². The van der Waals surface area contributed by atoms with E-state index in [1.807, 2.05) is 31.2 Å². The molecule has 0 aromatic heterocycles. The number of rotatable bonds is 11. The lowest BCUT2D eigenvalue weighted by atomic mass is 9.89. The first-order chi connectivity index (χ1) is 20.1. The summed E-state index contributed by atoms with van der Waals surface area (Å²) in [6.07, 6.45) is 1.84. The Labute approximate surface area is 256 Å². The van der Waals surface area contributed by atoms with Crippen molar-refractivity contribution < 1.29 is 22.3 Å².